The van der Waals surface area contributed by atoms with E-state index in [0.717, 1.165) is 0 Å². The number of ether oxygens (including phenoxy) is 1. The van der Waals surface area contributed by atoms with Gasteiger partial charge in [0.15, 0.2) is 0 Å². The molecule has 1 aromatic heterocycles. The van der Waals surface area contributed by atoms with Crippen molar-refractivity contribution in [3.8, 4) is 0 Å². The third kappa shape index (κ3) is 5.66. The van der Waals surface area contributed by atoms with Gasteiger partial charge in [-0.2, -0.15) is 0 Å². The van der Waals surface area contributed by atoms with Gasteiger partial charge >= 0.3 is 13.6 Å². The molecule has 0 aromatic carbocycles. The Morgan fingerprint density at radius 2 is 1.88 bits per heavy atom. The van der Waals surface area contributed by atoms with Crippen LogP contribution in [0, 0.1) is 23.0 Å². The molecule has 0 amide bonds. The first-order valence-corrected chi connectivity index (χ1v) is 9.62. The average molecular weight is 377 g/mol. The van der Waals surface area contributed by atoms with Gasteiger partial charge in [0.05, 0.1) is 26.1 Å². The summed E-state index contributed by atoms with van der Waals surface area (Å²) in [6, 6.07) is 1.56. The number of hydrogen-bond acceptors (Lipinski definition) is 8. The van der Waals surface area contributed by atoms with Crippen LogP contribution in [0.2, 0.25) is 0 Å². The number of esters is 1. The van der Waals surface area contributed by atoms with Crippen molar-refractivity contribution in [1.82, 2.24) is 0 Å². The Morgan fingerprint density at radius 1 is 1.28 bits per heavy atom. The van der Waals surface area contributed by atoms with Crippen LogP contribution in [0.25, 0.3) is 0 Å². The number of carbonyl (C=O) groups excluding carboxylic acids is 1. The van der Waals surface area contributed by atoms with Gasteiger partial charge in [0.25, 0.3) is 0 Å². The van der Waals surface area contributed by atoms with Gasteiger partial charge in [-0.05, 0) is 33.8 Å². The van der Waals surface area contributed by atoms with E-state index in [1.807, 2.05) is 0 Å². The third-order valence-electron chi connectivity index (χ3n) is 3.37. The highest BCUT2D eigenvalue weighted by atomic mass is 31.2. The van der Waals surface area contributed by atoms with Gasteiger partial charge < -0.3 is 18.2 Å². The lowest BCUT2D eigenvalue weighted by atomic mass is 10.0. The molecule has 0 saturated carbocycles. The van der Waals surface area contributed by atoms with E-state index in [0.29, 0.717) is 11.3 Å². The number of furan rings is 1. The Labute approximate surface area is 146 Å². The molecule has 0 saturated heterocycles. The summed E-state index contributed by atoms with van der Waals surface area (Å²) < 4.78 is 34.2. The Hall–Kier alpha value is -1.70. The smallest absolute Gasteiger partial charge is 0.339 e. The fourth-order valence-electron chi connectivity index (χ4n) is 2.53. The summed E-state index contributed by atoms with van der Waals surface area (Å²) in [7, 11) is -3.89. The number of rotatable bonds is 11. The fourth-order valence-corrected chi connectivity index (χ4v) is 4.80. The maximum atomic E-state index is 13.3. The first kappa shape index (κ1) is 21.3. The Balaban J connectivity index is 3.46. The molecule has 0 fully saturated rings. The molecular formula is C15H24NO8P. The summed E-state index contributed by atoms with van der Waals surface area (Å²) in [6.07, 6.45) is 1.30. The van der Waals surface area contributed by atoms with Crippen LogP contribution in [0.4, 0.5) is 0 Å². The van der Waals surface area contributed by atoms with Gasteiger partial charge in [-0.15, -0.1) is 0 Å². The molecule has 0 spiro atoms. The van der Waals surface area contributed by atoms with Crippen LogP contribution >= 0.6 is 7.60 Å². The highest BCUT2D eigenvalue weighted by molar-refractivity contribution is 7.54. The Bertz CT molecular complexity index is 619. The molecule has 0 aliphatic heterocycles. The van der Waals surface area contributed by atoms with E-state index in [4.69, 9.17) is 18.2 Å². The van der Waals surface area contributed by atoms with E-state index in [1.54, 1.807) is 33.8 Å². The van der Waals surface area contributed by atoms with E-state index in [1.165, 1.54) is 6.26 Å². The highest BCUT2D eigenvalue weighted by Gasteiger charge is 2.49. The predicted octanol–water partition coefficient (Wildman–Crippen LogP) is 3.35. The van der Waals surface area contributed by atoms with Gasteiger partial charge in [-0.1, -0.05) is 0 Å². The molecule has 10 heteroatoms. The van der Waals surface area contributed by atoms with Crippen LogP contribution in [-0.2, 0) is 23.1 Å². The highest BCUT2D eigenvalue weighted by Crippen LogP contribution is 2.64. The molecule has 0 N–H and O–H groups in total. The summed E-state index contributed by atoms with van der Waals surface area (Å²) in [6.45, 7) is 5.88. The normalized spacial score (nSPS) is 14.1. The topological polar surface area (TPSA) is 118 Å². The second-order valence-corrected chi connectivity index (χ2v) is 7.34. The van der Waals surface area contributed by atoms with E-state index < -0.39 is 36.6 Å². The number of nitrogens with zero attached hydrogens (tertiary/aromatic N) is 1. The minimum Gasteiger partial charge on any atom is -0.469 e. The van der Waals surface area contributed by atoms with Crippen LogP contribution < -0.4 is 0 Å². The first-order valence-electron chi connectivity index (χ1n) is 8.01. The van der Waals surface area contributed by atoms with Crippen LogP contribution in [0.1, 0.15) is 37.8 Å². The molecular weight excluding hydrogens is 353 g/mol. The van der Waals surface area contributed by atoms with Gasteiger partial charge in [0.2, 0.25) is 6.54 Å². The molecule has 1 aromatic rings. The maximum absolute atomic E-state index is 13.3. The predicted molar refractivity (Wildman–Crippen MR) is 89.0 cm³/mol. The van der Waals surface area contributed by atoms with Crippen molar-refractivity contribution in [3.63, 3.8) is 0 Å². The second-order valence-electron chi connectivity index (χ2n) is 5.18. The zero-order chi connectivity index (χ0) is 19.0. The lowest BCUT2D eigenvalue weighted by Crippen LogP contribution is -2.31. The van der Waals surface area contributed by atoms with Crippen LogP contribution in [-0.4, -0.2) is 37.3 Å². The summed E-state index contributed by atoms with van der Waals surface area (Å²) >= 11 is 0. The van der Waals surface area contributed by atoms with Gasteiger partial charge in [0, 0.05) is 10.5 Å². The molecule has 0 aliphatic rings. The first-order chi connectivity index (χ1) is 11.8. The maximum Gasteiger partial charge on any atom is 0.339 e. The van der Waals surface area contributed by atoms with Gasteiger partial charge in [0.1, 0.15) is 17.3 Å². The summed E-state index contributed by atoms with van der Waals surface area (Å²) in [4.78, 5) is 22.8. The average Bonchev–Trinajstić information content (AvgIpc) is 2.92. The van der Waals surface area contributed by atoms with Crippen LogP contribution in [0.15, 0.2) is 16.7 Å². The molecule has 0 aliphatic carbocycles. The Kier molecular flexibility index (Phi) is 8.28. The molecule has 9 nitrogen and oxygen atoms in total. The SMILES string of the molecule is CCOC(=O)C(C[N+](=O)[O-])C(c1coc(C)c1)P(=O)(OCC)OCC. The van der Waals surface area contributed by atoms with Gasteiger partial charge in [-0.25, -0.2) is 0 Å². The largest absolute Gasteiger partial charge is 0.469 e. The third-order valence-corrected chi connectivity index (χ3v) is 5.94. The van der Waals surface area contributed by atoms with Crippen molar-refractivity contribution in [2.24, 2.45) is 5.92 Å². The van der Waals surface area contributed by atoms with Crippen molar-refractivity contribution < 1.29 is 32.5 Å². The van der Waals surface area contributed by atoms with Crippen molar-refractivity contribution >= 4 is 13.6 Å². The molecule has 2 atom stereocenters. The van der Waals surface area contributed by atoms with Crippen molar-refractivity contribution in [2.45, 2.75) is 33.4 Å². The molecule has 1 heterocycles. The minimum atomic E-state index is -3.89. The molecule has 0 radical (unpaired) electrons. The van der Waals surface area contributed by atoms with E-state index in [9.17, 15) is 19.5 Å². The number of aryl methyl sites for hydroxylation is 1. The standard InChI is InChI=1S/C15H24NO8P/c1-5-21-15(17)13(9-16(18)19)14(12-8-11(4)22-10-12)25(20,23-6-2)24-7-3/h8,10,13-14H,5-7,9H2,1-4H3. The minimum absolute atomic E-state index is 0.0394. The van der Waals surface area contributed by atoms with Crippen molar-refractivity contribution in [1.29, 1.82) is 0 Å². The van der Waals surface area contributed by atoms with Crippen LogP contribution in [0.3, 0.4) is 0 Å². The van der Waals surface area contributed by atoms with Gasteiger partial charge in [-0.3, -0.25) is 19.5 Å². The quantitative estimate of drug-likeness (QED) is 0.249. The van der Waals surface area contributed by atoms with Crippen molar-refractivity contribution in [3.05, 3.63) is 33.8 Å². The molecule has 0 bridgehead atoms. The summed E-state index contributed by atoms with van der Waals surface area (Å²) in [5.41, 5.74) is -0.864. The number of carbonyl (C=O) groups is 1. The molecule has 142 valence electrons. The van der Waals surface area contributed by atoms with Crippen LogP contribution in [0.5, 0.6) is 0 Å². The summed E-state index contributed by atoms with van der Waals surface area (Å²) in [5, 5.41) is 11.1. The monoisotopic (exact) mass is 377 g/mol. The Morgan fingerprint density at radius 3 is 2.28 bits per heavy atom. The fraction of sp³-hybridized carbons (Fsp3) is 0.667. The second kappa shape index (κ2) is 9.70. The zero-order valence-electron chi connectivity index (χ0n) is 14.8. The molecule has 1 rings (SSSR count). The lowest BCUT2D eigenvalue weighted by Gasteiger charge is -2.29. The molecule has 2 unspecified atom stereocenters. The number of nitro groups is 1. The van der Waals surface area contributed by atoms with Crippen molar-refractivity contribution in [2.75, 3.05) is 26.4 Å². The van der Waals surface area contributed by atoms with E-state index >= 15 is 0 Å². The van der Waals surface area contributed by atoms with E-state index in [-0.39, 0.29) is 19.8 Å². The lowest BCUT2D eigenvalue weighted by molar-refractivity contribution is -0.486. The molecule has 25 heavy (non-hydrogen) atoms. The zero-order valence-corrected chi connectivity index (χ0v) is 15.7. The summed E-state index contributed by atoms with van der Waals surface area (Å²) in [5.74, 6) is -1.66. The van der Waals surface area contributed by atoms with E-state index in [2.05, 4.69) is 0 Å². The number of hydrogen-bond donors (Lipinski definition) is 0.